The van der Waals surface area contributed by atoms with Gasteiger partial charge in [-0.3, -0.25) is 4.79 Å². The number of carbonyl (C=O) groups is 1. The lowest BCUT2D eigenvalue weighted by molar-refractivity contribution is 0.102. The lowest BCUT2D eigenvalue weighted by atomic mass is 10.2. The Labute approximate surface area is 150 Å². The maximum absolute atomic E-state index is 13.7. The summed E-state index contributed by atoms with van der Waals surface area (Å²) in [6.45, 7) is 1.95. The van der Waals surface area contributed by atoms with Crippen LogP contribution >= 0.6 is 0 Å². The standard InChI is InChI=1S/C17H18F2N2O4S/c1-4-25-15-8-6-12(10-16(15)26(23,24)21(2)3)20-17(22)13-9-11(18)5-7-14(13)19/h5-10H,4H2,1-3H3,(H,20,22). The average molecular weight is 384 g/mol. The molecular weight excluding hydrogens is 366 g/mol. The third-order valence-corrected chi connectivity index (χ3v) is 5.27. The summed E-state index contributed by atoms with van der Waals surface area (Å²) in [5.41, 5.74) is -0.390. The Balaban J connectivity index is 2.42. The van der Waals surface area contributed by atoms with Crippen molar-refractivity contribution in [1.29, 1.82) is 0 Å². The van der Waals surface area contributed by atoms with Crippen LogP contribution in [0.25, 0.3) is 0 Å². The molecule has 0 heterocycles. The summed E-state index contributed by atoms with van der Waals surface area (Å²) in [4.78, 5) is 12.0. The van der Waals surface area contributed by atoms with Crippen molar-refractivity contribution in [1.82, 2.24) is 4.31 Å². The number of amides is 1. The second-order valence-electron chi connectivity index (χ2n) is 5.46. The summed E-state index contributed by atoms with van der Waals surface area (Å²) >= 11 is 0. The van der Waals surface area contributed by atoms with E-state index in [4.69, 9.17) is 4.74 Å². The number of carbonyl (C=O) groups excluding carboxylic acids is 1. The third-order valence-electron chi connectivity index (χ3n) is 3.43. The molecule has 0 bridgehead atoms. The fourth-order valence-corrected chi connectivity index (χ4v) is 3.18. The average Bonchev–Trinajstić information content (AvgIpc) is 2.58. The highest BCUT2D eigenvalue weighted by atomic mass is 32.2. The molecule has 9 heteroatoms. The minimum absolute atomic E-state index is 0.0996. The molecule has 0 saturated carbocycles. The molecule has 2 aromatic carbocycles. The van der Waals surface area contributed by atoms with Gasteiger partial charge in [-0.05, 0) is 43.3 Å². The maximum atomic E-state index is 13.7. The quantitative estimate of drug-likeness (QED) is 0.831. The molecule has 1 N–H and O–H groups in total. The van der Waals surface area contributed by atoms with Crippen molar-refractivity contribution in [3.63, 3.8) is 0 Å². The SMILES string of the molecule is CCOc1ccc(NC(=O)c2cc(F)ccc2F)cc1S(=O)(=O)N(C)C. The molecule has 0 aromatic heterocycles. The predicted octanol–water partition coefficient (Wildman–Crippen LogP) is 2.87. The molecule has 1 amide bonds. The molecule has 0 aliphatic rings. The van der Waals surface area contributed by atoms with Crippen LogP contribution < -0.4 is 10.1 Å². The molecule has 2 rings (SSSR count). The van der Waals surface area contributed by atoms with Crippen LogP contribution in [0.3, 0.4) is 0 Å². The zero-order valence-corrected chi connectivity index (χ0v) is 15.2. The fraction of sp³-hybridized carbons (Fsp3) is 0.235. The van der Waals surface area contributed by atoms with E-state index in [2.05, 4.69) is 5.32 Å². The minimum Gasteiger partial charge on any atom is -0.492 e. The molecule has 0 unspecified atom stereocenters. The van der Waals surface area contributed by atoms with Crippen LogP contribution in [0, 0.1) is 11.6 Å². The summed E-state index contributed by atoms with van der Waals surface area (Å²) in [7, 11) is -1.13. The summed E-state index contributed by atoms with van der Waals surface area (Å²) < 4.78 is 58.2. The highest BCUT2D eigenvalue weighted by Gasteiger charge is 2.23. The van der Waals surface area contributed by atoms with Crippen molar-refractivity contribution in [2.24, 2.45) is 0 Å². The van der Waals surface area contributed by atoms with Gasteiger partial charge in [-0.25, -0.2) is 21.5 Å². The summed E-state index contributed by atoms with van der Waals surface area (Å²) in [5, 5.41) is 2.36. The summed E-state index contributed by atoms with van der Waals surface area (Å²) in [6, 6.07) is 6.49. The summed E-state index contributed by atoms with van der Waals surface area (Å²) in [6.07, 6.45) is 0. The molecule has 2 aromatic rings. The third kappa shape index (κ3) is 4.17. The van der Waals surface area contributed by atoms with Crippen molar-refractivity contribution in [2.75, 3.05) is 26.0 Å². The van der Waals surface area contributed by atoms with E-state index < -0.39 is 33.1 Å². The number of rotatable bonds is 6. The van der Waals surface area contributed by atoms with Gasteiger partial charge in [0.1, 0.15) is 22.3 Å². The number of hydrogen-bond donors (Lipinski definition) is 1. The van der Waals surface area contributed by atoms with Crippen LogP contribution in [0.2, 0.25) is 0 Å². The normalized spacial score (nSPS) is 11.5. The Morgan fingerprint density at radius 1 is 1.15 bits per heavy atom. The van der Waals surface area contributed by atoms with E-state index >= 15 is 0 Å². The van der Waals surface area contributed by atoms with Crippen LogP contribution in [0.5, 0.6) is 5.75 Å². The molecule has 0 fully saturated rings. The molecule has 0 aliphatic heterocycles. The van der Waals surface area contributed by atoms with Crippen LogP contribution in [-0.2, 0) is 10.0 Å². The van der Waals surface area contributed by atoms with Crippen molar-refractivity contribution in [3.8, 4) is 5.75 Å². The van der Waals surface area contributed by atoms with Crippen molar-refractivity contribution in [3.05, 3.63) is 53.6 Å². The maximum Gasteiger partial charge on any atom is 0.258 e. The van der Waals surface area contributed by atoms with E-state index in [0.29, 0.717) is 0 Å². The van der Waals surface area contributed by atoms with E-state index in [1.54, 1.807) is 6.92 Å². The van der Waals surface area contributed by atoms with Crippen LogP contribution in [-0.4, -0.2) is 39.3 Å². The van der Waals surface area contributed by atoms with E-state index in [1.807, 2.05) is 0 Å². The van der Waals surface area contributed by atoms with Gasteiger partial charge in [-0.15, -0.1) is 0 Å². The molecule has 0 aliphatic carbocycles. The van der Waals surface area contributed by atoms with Gasteiger partial charge in [0.2, 0.25) is 10.0 Å². The van der Waals surface area contributed by atoms with Gasteiger partial charge in [0.25, 0.3) is 5.91 Å². The number of sulfonamides is 1. The molecule has 0 spiro atoms. The molecule has 140 valence electrons. The molecular formula is C17H18F2N2O4S. The number of benzene rings is 2. The smallest absolute Gasteiger partial charge is 0.258 e. The lowest BCUT2D eigenvalue weighted by Crippen LogP contribution is -2.23. The van der Waals surface area contributed by atoms with Crippen LogP contribution in [0.15, 0.2) is 41.3 Å². The molecule has 0 saturated heterocycles. The second kappa shape index (κ2) is 7.79. The number of halogens is 2. The van der Waals surface area contributed by atoms with Crippen molar-refractivity contribution < 1.29 is 26.7 Å². The monoisotopic (exact) mass is 384 g/mol. The van der Waals surface area contributed by atoms with Gasteiger partial charge in [-0.2, -0.15) is 0 Å². The van der Waals surface area contributed by atoms with Gasteiger partial charge in [0, 0.05) is 19.8 Å². The first-order valence-corrected chi connectivity index (χ1v) is 9.06. The fourth-order valence-electron chi connectivity index (χ4n) is 2.13. The first-order valence-electron chi connectivity index (χ1n) is 7.62. The topological polar surface area (TPSA) is 75.7 Å². The number of anilines is 1. The second-order valence-corrected chi connectivity index (χ2v) is 7.58. The first-order chi connectivity index (χ1) is 12.2. The number of ether oxygens (including phenoxy) is 1. The van der Waals surface area contributed by atoms with Crippen LogP contribution in [0.4, 0.5) is 14.5 Å². The van der Waals surface area contributed by atoms with Crippen molar-refractivity contribution >= 4 is 21.6 Å². The largest absolute Gasteiger partial charge is 0.492 e. The Bertz CT molecular complexity index is 930. The minimum atomic E-state index is -3.84. The van der Waals surface area contributed by atoms with Crippen LogP contribution in [0.1, 0.15) is 17.3 Å². The molecule has 26 heavy (non-hydrogen) atoms. The Morgan fingerprint density at radius 3 is 2.46 bits per heavy atom. The molecule has 6 nitrogen and oxygen atoms in total. The van der Waals surface area contributed by atoms with Gasteiger partial charge >= 0.3 is 0 Å². The number of hydrogen-bond acceptors (Lipinski definition) is 4. The predicted molar refractivity (Wildman–Crippen MR) is 92.8 cm³/mol. The van der Waals surface area contributed by atoms with Gasteiger partial charge in [0.05, 0.1) is 12.2 Å². The van der Waals surface area contributed by atoms with E-state index in [1.165, 1.54) is 32.3 Å². The first kappa shape index (κ1) is 19.8. The highest BCUT2D eigenvalue weighted by Crippen LogP contribution is 2.29. The Kier molecular flexibility index (Phi) is 5.94. The highest BCUT2D eigenvalue weighted by molar-refractivity contribution is 7.89. The van der Waals surface area contributed by atoms with Gasteiger partial charge in [-0.1, -0.05) is 0 Å². The van der Waals surface area contributed by atoms with Gasteiger partial charge in [0.15, 0.2) is 0 Å². The van der Waals surface area contributed by atoms with E-state index in [-0.39, 0.29) is 22.9 Å². The number of nitrogens with zero attached hydrogens (tertiary/aromatic N) is 1. The Hall–Kier alpha value is -2.52. The molecule has 0 radical (unpaired) electrons. The molecule has 0 atom stereocenters. The van der Waals surface area contributed by atoms with E-state index in [0.717, 1.165) is 22.5 Å². The lowest BCUT2D eigenvalue weighted by Gasteiger charge is -2.16. The zero-order valence-electron chi connectivity index (χ0n) is 14.4. The van der Waals surface area contributed by atoms with Crippen molar-refractivity contribution in [2.45, 2.75) is 11.8 Å². The van der Waals surface area contributed by atoms with Gasteiger partial charge < -0.3 is 10.1 Å². The summed E-state index contributed by atoms with van der Waals surface area (Å²) in [5.74, 6) is -2.44. The number of nitrogens with one attached hydrogen (secondary N) is 1. The van der Waals surface area contributed by atoms with E-state index in [9.17, 15) is 22.0 Å². The zero-order chi connectivity index (χ0) is 19.5. The Morgan fingerprint density at radius 2 is 1.85 bits per heavy atom.